The monoisotopic (exact) mass is 904 g/mol. The molecular formula is C59H117NO4. The lowest BCUT2D eigenvalue weighted by Gasteiger charge is -2.21. The molecule has 5 heteroatoms. The average Bonchev–Trinajstić information content (AvgIpc) is 3.30. The summed E-state index contributed by atoms with van der Waals surface area (Å²) in [4.78, 5) is 12.6. The third kappa shape index (κ3) is 49.0. The average molecular weight is 905 g/mol. The van der Waals surface area contributed by atoms with Gasteiger partial charge in [-0.1, -0.05) is 328 Å². The lowest BCUT2D eigenvalue weighted by molar-refractivity contribution is -0.131. The minimum absolute atomic E-state index is 0.358. The number of hydrogen-bond acceptors (Lipinski definition) is 4. The standard InChI is InChI=1S/C59H117NO4/c1-3-5-7-9-11-13-15-17-19-21-23-25-27-28-29-30-31-32-34-36-38-40-42-44-46-48-50-52-54-58(63)59(64)60-56(55-61)57(62)53-51-49-47-45-43-41-39-37-35-33-26-24-22-20-18-16-14-12-10-8-6-4-2/h51,53,56-58,61-63H,3-50,52,54-55H2,1-2H3,(H,60,64)/b53-51+. The van der Waals surface area contributed by atoms with Crippen LogP contribution in [0.5, 0.6) is 0 Å². The molecule has 0 spiro atoms. The second-order valence-electron chi connectivity index (χ2n) is 20.6. The van der Waals surface area contributed by atoms with Crippen molar-refractivity contribution in [2.24, 2.45) is 0 Å². The first-order valence-corrected chi connectivity index (χ1v) is 29.5. The van der Waals surface area contributed by atoms with Gasteiger partial charge < -0.3 is 20.6 Å². The molecule has 382 valence electrons. The summed E-state index contributed by atoms with van der Waals surface area (Å²) in [5.74, 6) is -0.495. The molecule has 0 radical (unpaired) electrons. The van der Waals surface area contributed by atoms with Crippen molar-refractivity contribution in [1.29, 1.82) is 0 Å². The van der Waals surface area contributed by atoms with Crippen LogP contribution in [0.1, 0.15) is 335 Å². The lowest BCUT2D eigenvalue weighted by Crippen LogP contribution is -2.48. The zero-order chi connectivity index (χ0) is 46.5. The van der Waals surface area contributed by atoms with Gasteiger partial charge in [-0.2, -0.15) is 0 Å². The van der Waals surface area contributed by atoms with Gasteiger partial charge >= 0.3 is 0 Å². The summed E-state index contributed by atoms with van der Waals surface area (Å²) < 4.78 is 0. The van der Waals surface area contributed by atoms with Gasteiger partial charge in [0.1, 0.15) is 6.10 Å². The van der Waals surface area contributed by atoms with E-state index in [1.54, 1.807) is 6.08 Å². The highest BCUT2D eigenvalue weighted by Crippen LogP contribution is 2.18. The van der Waals surface area contributed by atoms with Gasteiger partial charge in [-0.3, -0.25) is 4.79 Å². The molecule has 0 aromatic heterocycles. The van der Waals surface area contributed by atoms with Gasteiger partial charge in [0.05, 0.1) is 18.8 Å². The molecular weight excluding hydrogens is 787 g/mol. The van der Waals surface area contributed by atoms with Crippen LogP contribution in [0.2, 0.25) is 0 Å². The summed E-state index contributed by atoms with van der Waals surface area (Å²) in [7, 11) is 0. The molecule has 5 nitrogen and oxygen atoms in total. The fourth-order valence-electron chi connectivity index (χ4n) is 9.54. The Hall–Kier alpha value is -0.910. The predicted octanol–water partition coefficient (Wildman–Crippen LogP) is 18.3. The van der Waals surface area contributed by atoms with E-state index in [-0.39, 0.29) is 6.61 Å². The molecule has 3 atom stereocenters. The fraction of sp³-hybridized carbons (Fsp3) is 0.949. The van der Waals surface area contributed by atoms with Crippen molar-refractivity contribution in [2.75, 3.05) is 6.61 Å². The normalized spacial score (nSPS) is 13.3. The largest absolute Gasteiger partial charge is 0.394 e. The van der Waals surface area contributed by atoms with Crippen molar-refractivity contribution >= 4 is 5.91 Å². The van der Waals surface area contributed by atoms with Gasteiger partial charge in [-0.25, -0.2) is 0 Å². The van der Waals surface area contributed by atoms with Crippen LogP contribution < -0.4 is 5.32 Å². The van der Waals surface area contributed by atoms with Gasteiger partial charge in [0, 0.05) is 0 Å². The first-order valence-electron chi connectivity index (χ1n) is 29.5. The first-order chi connectivity index (χ1) is 31.6. The second kappa shape index (κ2) is 54.7. The summed E-state index contributed by atoms with van der Waals surface area (Å²) in [6.07, 6.45) is 68.7. The summed E-state index contributed by atoms with van der Waals surface area (Å²) in [6.45, 7) is 4.23. The molecule has 3 unspecified atom stereocenters. The number of hydrogen-bond donors (Lipinski definition) is 4. The van der Waals surface area contributed by atoms with Gasteiger partial charge in [0.25, 0.3) is 0 Å². The molecule has 4 N–H and O–H groups in total. The molecule has 0 aromatic rings. The van der Waals surface area contributed by atoms with E-state index in [4.69, 9.17) is 0 Å². The van der Waals surface area contributed by atoms with Crippen molar-refractivity contribution in [3.8, 4) is 0 Å². The van der Waals surface area contributed by atoms with E-state index >= 15 is 0 Å². The molecule has 64 heavy (non-hydrogen) atoms. The Morgan fingerprint density at radius 2 is 0.609 bits per heavy atom. The van der Waals surface area contributed by atoms with Gasteiger partial charge in [0.2, 0.25) is 5.91 Å². The minimum Gasteiger partial charge on any atom is -0.394 e. The van der Waals surface area contributed by atoms with Crippen LogP contribution in [-0.2, 0) is 4.79 Å². The number of nitrogens with one attached hydrogen (secondary N) is 1. The van der Waals surface area contributed by atoms with E-state index in [2.05, 4.69) is 19.2 Å². The summed E-state index contributed by atoms with van der Waals surface area (Å²) >= 11 is 0. The zero-order valence-electron chi connectivity index (χ0n) is 43.7. The highest BCUT2D eigenvalue weighted by Gasteiger charge is 2.22. The quantitative estimate of drug-likeness (QED) is 0.0362. The molecule has 0 rings (SSSR count). The Labute approximate surface area is 401 Å². The lowest BCUT2D eigenvalue weighted by atomic mass is 10.0. The van der Waals surface area contributed by atoms with Crippen molar-refractivity contribution in [1.82, 2.24) is 5.32 Å². The number of aliphatic hydroxyl groups excluding tert-OH is 3. The van der Waals surface area contributed by atoms with E-state index in [0.717, 1.165) is 32.1 Å². The molecule has 0 aliphatic heterocycles. The highest BCUT2D eigenvalue weighted by molar-refractivity contribution is 5.80. The molecule has 1 amide bonds. The topological polar surface area (TPSA) is 89.8 Å². The van der Waals surface area contributed by atoms with Crippen LogP contribution >= 0.6 is 0 Å². The van der Waals surface area contributed by atoms with E-state index in [1.807, 2.05) is 6.08 Å². The van der Waals surface area contributed by atoms with E-state index in [9.17, 15) is 20.1 Å². The Morgan fingerprint density at radius 3 is 0.859 bits per heavy atom. The number of aliphatic hydroxyl groups is 3. The SMILES string of the molecule is CCCCCCCCCCCCCCCCCCCCCC/C=C/C(O)C(CO)NC(=O)C(O)CCCCCCCCCCCCCCCCCCCCCCCCCCCCCC. The maximum atomic E-state index is 12.6. The number of amides is 1. The third-order valence-electron chi connectivity index (χ3n) is 14.1. The first kappa shape index (κ1) is 63.1. The summed E-state index contributed by atoms with van der Waals surface area (Å²) in [6, 6.07) is -0.794. The van der Waals surface area contributed by atoms with Crippen LogP contribution in [0.3, 0.4) is 0 Å². The molecule has 0 aromatic carbocycles. The van der Waals surface area contributed by atoms with Crippen molar-refractivity contribution < 1.29 is 20.1 Å². The number of unbranched alkanes of at least 4 members (excludes halogenated alkanes) is 47. The molecule has 0 saturated carbocycles. The van der Waals surface area contributed by atoms with Gasteiger partial charge in [-0.05, 0) is 19.3 Å². The predicted molar refractivity (Wildman–Crippen MR) is 282 cm³/mol. The number of carbonyl (C=O) groups is 1. The van der Waals surface area contributed by atoms with E-state index < -0.39 is 24.2 Å². The van der Waals surface area contributed by atoms with Crippen molar-refractivity contribution in [2.45, 2.75) is 353 Å². The maximum absolute atomic E-state index is 12.6. The van der Waals surface area contributed by atoms with Crippen molar-refractivity contribution in [3.63, 3.8) is 0 Å². The van der Waals surface area contributed by atoms with Crippen LogP contribution in [0, 0.1) is 0 Å². The van der Waals surface area contributed by atoms with Crippen LogP contribution in [0.4, 0.5) is 0 Å². The molecule has 0 fully saturated rings. The Kier molecular flexibility index (Phi) is 53.9. The van der Waals surface area contributed by atoms with Crippen LogP contribution in [-0.4, -0.2) is 46.1 Å². The minimum atomic E-state index is -1.09. The maximum Gasteiger partial charge on any atom is 0.249 e. The summed E-state index contributed by atoms with van der Waals surface area (Å²) in [5.41, 5.74) is 0. The number of carbonyl (C=O) groups excluding carboxylic acids is 1. The van der Waals surface area contributed by atoms with E-state index in [0.29, 0.717) is 6.42 Å². The molecule has 0 bridgehead atoms. The summed E-state index contributed by atoms with van der Waals surface area (Å²) in [5, 5.41) is 33.4. The molecule has 0 saturated heterocycles. The van der Waals surface area contributed by atoms with Gasteiger partial charge in [-0.15, -0.1) is 0 Å². The third-order valence-corrected chi connectivity index (χ3v) is 14.1. The fourth-order valence-corrected chi connectivity index (χ4v) is 9.54. The van der Waals surface area contributed by atoms with Crippen LogP contribution in [0.25, 0.3) is 0 Å². The number of rotatable bonds is 55. The Bertz CT molecular complexity index is 909. The van der Waals surface area contributed by atoms with Crippen molar-refractivity contribution in [3.05, 3.63) is 12.2 Å². The Morgan fingerprint density at radius 1 is 0.375 bits per heavy atom. The molecule has 0 aliphatic rings. The Balaban J connectivity index is 3.51. The zero-order valence-corrected chi connectivity index (χ0v) is 43.7. The smallest absolute Gasteiger partial charge is 0.249 e. The van der Waals surface area contributed by atoms with E-state index in [1.165, 1.54) is 283 Å². The number of allylic oxidation sites excluding steroid dienone is 1. The second-order valence-corrected chi connectivity index (χ2v) is 20.6. The van der Waals surface area contributed by atoms with Gasteiger partial charge in [0.15, 0.2) is 0 Å². The highest BCUT2D eigenvalue weighted by atomic mass is 16.3. The molecule has 0 heterocycles. The molecule has 0 aliphatic carbocycles. The van der Waals surface area contributed by atoms with Crippen LogP contribution in [0.15, 0.2) is 12.2 Å².